The van der Waals surface area contributed by atoms with E-state index >= 15 is 0 Å². The minimum absolute atomic E-state index is 0.153. The van der Waals surface area contributed by atoms with E-state index in [-0.39, 0.29) is 11.9 Å². The third kappa shape index (κ3) is 4.89. The molecule has 178 valence electrons. The van der Waals surface area contributed by atoms with Gasteiger partial charge >= 0.3 is 0 Å². The highest BCUT2D eigenvalue weighted by Crippen LogP contribution is 2.29. The van der Waals surface area contributed by atoms with E-state index in [9.17, 15) is 9.18 Å². The summed E-state index contributed by atoms with van der Waals surface area (Å²) in [4.78, 5) is 21.1. The van der Waals surface area contributed by atoms with Crippen molar-refractivity contribution >= 4 is 39.1 Å². The second-order valence-corrected chi connectivity index (χ2v) is 9.11. The number of rotatable bonds is 8. The zero-order valence-electron chi connectivity index (χ0n) is 18.5. The first-order valence-corrected chi connectivity index (χ1v) is 11.7. The summed E-state index contributed by atoms with van der Waals surface area (Å²) in [5, 5.41) is 23.3. The first-order valence-electron chi connectivity index (χ1n) is 10.9. The van der Waals surface area contributed by atoms with Crippen molar-refractivity contribution in [1.82, 2.24) is 25.4 Å². The van der Waals surface area contributed by atoms with Crippen LogP contribution in [-0.2, 0) is 9.53 Å². The van der Waals surface area contributed by atoms with Crippen LogP contribution in [0.4, 0.5) is 26.3 Å². The first-order chi connectivity index (χ1) is 16.6. The van der Waals surface area contributed by atoms with Crippen molar-refractivity contribution in [3.63, 3.8) is 0 Å². The van der Waals surface area contributed by atoms with Crippen molar-refractivity contribution in [2.24, 2.45) is 0 Å². The number of benzene rings is 1. The molecule has 0 radical (unpaired) electrons. The normalized spacial score (nSPS) is 19.1. The minimum atomic E-state index is -0.828. The SMILES string of the molecule is COC(C(=O)Nc1nnc(N[C@@H]2CCN(c3nccnn3)C2)s1)c1cccc(N2CC(F)C2)c1. The van der Waals surface area contributed by atoms with Crippen molar-refractivity contribution in [3.8, 4) is 0 Å². The number of alkyl halides is 1. The van der Waals surface area contributed by atoms with Crippen molar-refractivity contribution in [1.29, 1.82) is 0 Å². The van der Waals surface area contributed by atoms with Crippen LogP contribution in [-0.4, -0.2) is 76.8 Å². The Balaban J connectivity index is 1.18. The van der Waals surface area contributed by atoms with Gasteiger partial charge in [0.1, 0.15) is 6.17 Å². The molecule has 2 saturated heterocycles. The smallest absolute Gasteiger partial charge is 0.259 e. The number of carbonyl (C=O) groups excluding carboxylic acids is 1. The van der Waals surface area contributed by atoms with Crippen LogP contribution >= 0.6 is 11.3 Å². The maximum atomic E-state index is 13.2. The predicted molar refractivity (Wildman–Crippen MR) is 126 cm³/mol. The zero-order valence-corrected chi connectivity index (χ0v) is 19.3. The van der Waals surface area contributed by atoms with E-state index in [4.69, 9.17) is 4.74 Å². The number of anilines is 4. The van der Waals surface area contributed by atoms with Crippen LogP contribution in [0, 0.1) is 0 Å². The molecule has 2 aliphatic rings. The van der Waals surface area contributed by atoms with Crippen molar-refractivity contribution < 1.29 is 13.9 Å². The fraction of sp³-hybridized carbons (Fsp3) is 0.429. The molecule has 2 atom stereocenters. The Kier molecular flexibility index (Phi) is 6.45. The van der Waals surface area contributed by atoms with Crippen LogP contribution in [0.25, 0.3) is 0 Å². The number of nitrogens with zero attached hydrogens (tertiary/aromatic N) is 7. The van der Waals surface area contributed by atoms with Gasteiger partial charge in [-0.15, -0.1) is 15.3 Å². The Bertz CT molecular complexity index is 1130. The van der Waals surface area contributed by atoms with E-state index in [2.05, 4.69) is 40.9 Å². The molecular weight excluding hydrogens is 461 g/mol. The quantitative estimate of drug-likeness (QED) is 0.489. The molecular formula is C21H24FN9O2S. The summed E-state index contributed by atoms with van der Waals surface area (Å²) in [5.41, 5.74) is 1.55. The fourth-order valence-electron chi connectivity index (χ4n) is 4.04. The van der Waals surface area contributed by atoms with Crippen molar-refractivity contribution in [2.75, 3.05) is 53.7 Å². The average molecular weight is 486 g/mol. The number of aromatic nitrogens is 5. The Hall–Kier alpha value is -3.45. The molecule has 34 heavy (non-hydrogen) atoms. The lowest BCUT2D eigenvalue weighted by Crippen LogP contribution is -2.48. The van der Waals surface area contributed by atoms with Gasteiger partial charge in [0.2, 0.25) is 16.2 Å². The minimum Gasteiger partial charge on any atom is -0.367 e. The van der Waals surface area contributed by atoms with E-state index in [0.717, 1.165) is 25.2 Å². The number of hydrogen-bond donors (Lipinski definition) is 2. The number of halogens is 1. The fourth-order valence-corrected chi connectivity index (χ4v) is 4.76. The third-order valence-electron chi connectivity index (χ3n) is 5.77. The molecule has 1 aromatic carbocycles. The summed E-state index contributed by atoms with van der Waals surface area (Å²) < 4.78 is 18.7. The lowest BCUT2D eigenvalue weighted by molar-refractivity contribution is -0.126. The van der Waals surface area contributed by atoms with Gasteiger partial charge in [0, 0.05) is 31.9 Å². The second-order valence-electron chi connectivity index (χ2n) is 8.13. The molecule has 0 bridgehead atoms. The summed E-state index contributed by atoms with van der Waals surface area (Å²) in [7, 11) is 1.48. The number of methoxy groups -OCH3 is 1. The van der Waals surface area contributed by atoms with Crippen LogP contribution in [0.1, 0.15) is 18.1 Å². The van der Waals surface area contributed by atoms with E-state index in [1.165, 1.54) is 18.4 Å². The van der Waals surface area contributed by atoms with E-state index in [1.807, 2.05) is 29.2 Å². The molecule has 5 rings (SSSR count). The lowest BCUT2D eigenvalue weighted by atomic mass is 10.1. The summed E-state index contributed by atoms with van der Waals surface area (Å²) >= 11 is 1.26. The highest BCUT2D eigenvalue weighted by molar-refractivity contribution is 7.19. The molecule has 13 heteroatoms. The Morgan fingerprint density at radius 2 is 2.03 bits per heavy atom. The number of amides is 1. The van der Waals surface area contributed by atoms with Crippen LogP contribution < -0.4 is 20.4 Å². The highest BCUT2D eigenvalue weighted by atomic mass is 32.1. The summed E-state index contributed by atoms with van der Waals surface area (Å²) in [5.74, 6) is 0.250. The maximum Gasteiger partial charge on any atom is 0.259 e. The Labute approximate surface area is 199 Å². The predicted octanol–water partition coefficient (Wildman–Crippen LogP) is 1.90. The molecule has 2 aromatic heterocycles. The van der Waals surface area contributed by atoms with Gasteiger partial charge in [-0.1, -0.05) is 23.5 Å². The van der Waals surface area contributed by atoms with E-state index in [1.54, 1.807) is 12.4 Å². The first kappa shape index (κ1) is 22.3. The van der Waals surface area contributed by atoms with Crippen LogP contribution in [0.3, 0.4) is 0 Å². The Morgan fingerprint density at radius 3 is 2.79 bits per heavy atom. The van der Waals surface area contributed by atoms with Gasteiger partial charge in [-0.25, -0.2) is 9.37 Å². The molecule has 0 saturated carbocycles. The number of ether oxygens (including phenoxy) is 1. The van der Waals surface area contributed by atoms with Gasteiger partial charge in [-0.05, 0) is 24.1 Å². The van der Waals surface area contributed by atoms with E-state index in [0.29, 0.717) is 34.9 Å². The molecule has 0 aliphatic carbocycles. The van der Waals surface area contributed by atoms with Gasteiger partial charge in [-0.3, -0.25) is 10.1 Å². The molecule has 2 fully saturated rings. The molecule has 3 aromatic rings. The van der Waals surface area contributed by atoms with Gasteiger partial charge in [-0.2, -0.15) is 5.10 Å². The summed E-state index contributed by atoms with van der Waals surface area (Å²) in [6, 6.07) is 7.55. The standard InChI is InChI=1S/C21H24FN9O2S/c1-33-17(13-3-2-4-16(9-13)31-10-14(22)11-31)18(32)26-21-29-28-20(34-21)25-15-5-8-30(12-15)19-23-6-7-24-27-19/h2-4,6-7,9,14-15,17H,5,8,10-12H2,1H3,(H,25,28)(H,26,29,32)/t15-,17?/m1/s1. The zero-order chi connectivity index (χ0) is 23.5. The second kappa shape index (κ2) is 9.81. The van der Waals surface area contributed by atoms with Crippen LogP contribution in [0.5, 0.6) is 0 Å². The van der Waals surface area contributed by atoms with Crippen LogP contribution in [0.2, 0.25) is 0 Å². The Morgan fingerprint density at radius 1 is 1.18 bits per heavy atom. The van der Waals surface area contributed by atoms with Gasteiger partial charge in [0.15, 0.2) is 6.10 Å². The molecule has 4 heterocycles. The third-order valence-corrected chi connectivity index (χ3v) is 6.54. The molecule has 0 spiro atoms. The molecule has 2 N–H and O–H groups in total. The lowest BCUT2D eigenvalue weighted by Gasteiger charge is -2.36. The largest absolute Gasteiger partial charge is 0.367 e. The van der Waals surface area contributed by atoms with Gasteiger partial charge in [0.05, 0.1) is 25.5 Å². The highest BCUT2D eigenvalue weighted by Gasteiger charge is 2.29. The monoisotopic (exact) mass is 485 g/mol. The molecule has 1 unspecified atom stereocenters. The van der Waals surface area contributed by atoms with Gasteiger partial charge in [0.25, 0.3) is 5.91 Å². The van der Waals surface area contributed by atoms with E-state index < -0.39 is 12.3 Å². The topological polar surface area (TPSA) is 121 Å². The molecule has 1 amide bonds. The molecule has 11 nitrogen and oxygen atoms in total. The van der Waals surface area contributed by atoms with Crippen molar-refractivity contribution in [3.05, 3.63) is 42.2 Å². The number of nitrogens with one attached hydrogen (secondary N) is 2. The van der Waals surface area contributed by atoms with Crippen molar-refractivity contribution in [2.45, 2.75) is 24.7 Å². The summed E-state index contributed by atoms with van der Waals surface area (Å²) in [6.45, 7) is 2.25. The average Bonchev–Trinajstić information content (AvgIpc) is 3.48. The number of hydrogen-bond acceptors (Lipinski definition) is 11. The number of carbonyl (C=O) groups is 1. The maximum absolute atomic E-state index is 13.2. The summed E-state index contributed by atoms with van der Waals surface area (Å²) in [6.07, 6.45) is 2.43. The van der Waals surface area contributed by atoms with Crippen LogP contribution in [0.15, 0.2) is 36.7 Å². The van der Waals surface area contributed by atoms with Gasteiger partial charge < -0.3 is 19.9 Å². The molecule has 2 aliphatic heterocycles.